The zero-order chi connectivity index (χ0) is 17.9. The van der Waals surface area contributed by atoms with Crippen LogP contribution in [-0.2, 0) is 11.3 Å². The Labute approximate surface area is 156 Å². The van der Waals surface area contributed by atoms with Gasteiger partial charge in [0, 0.05) is 38.8 Å². The summed E-state index contributed by atoms with van der Waals surface area (Å²) in [5.74, 6) is 0.906. The monoisotopic (exact) mass is 351 g/mol. The van der Waals surface area contributed by atoms with E-state index in [0.717, 1.165) is 38.6 Å². The largest absolute Gasteiger partial charge is 0.352 e. The van der Waals surface area contributed by atoms with E-state index < -0.39 is 0 Å². The van der Waals surface area contributed by atoms with E-state index in [0.29, 0.717) is 12.6 Å². The van der Waals surface area contributed by atoms with Gasteiger partial charge in [0.2, 0.25) is 5.91 Å². The lowest BCUT2D eigenvalue weighted by molar-refractivity contribution is -0.123. The molecule has 1 saturated heterocycles. The Morgan fingerprint density at radius 2 is 1.73 bits per heavy atom. The van der Waals surface area contributed by atoms with Crippen molar-refractivity contribution in [1.29, 1.82) is 0 Å². The van der Waals surface area contributed by atoms with Crippen molar-refractivity contribution in [1.82, 2.24) is 15.1 Å². The van der Waals surface area contributed by atoms with Crippen LogP contribution in [0.25, 0.3) is 10.8 Å². The molecule has 1 aliphatic heterocycles. The fraction of sp³-hybridized carbons (Fsp3) is 0.500. The molecule has 2 fully saturated rings. The van der Waals surface area contributed by atoms with Gasteiger partial charge in [0.25, 0.3) is 0 Å². The number of benzene rings is 2. The standard InChI is InChI=1S/C22H29N3O/c1-17(18-9-10-18)23-22(26)16-25-13-11-24(12-14-25)15-20-7-4-6-19-5-2-3-8-21(19)20/h2-8,17-18H,9-16H2,1H3,(H,23,26)/t17-/m1/s1. The summed E-state index contributed by atoms with van der Waals surface area (Å²) in [6.45, 7) is 7.65. The second kappa shape index (κ2) is 7.77. The molecule has 4 rings (SSSR count). The molecule has 2 aromatic carbocycles. The van der Waals surface area contributed by atoms with Crippen LogP contribution in [-0.4, -0.2) is 54.5 Å². The maximum atomic E-state index is 12.2. The van der Waals surface area contributed by atoms with Crippen LogP contribution in [0.4, 0.5) is 0 Å². The molecule has 26 heavy (non-hydrogen) atoms. The second-order valence-electron chi connectivity index (χ2n) is 7.88. The number of carbonyl (C=O) groups is 1. The number of carbonyl (C=O) groups excluding carboxylic acids is 1. The Balaban J connectivity index is 1.27. The lowest BCUT2D eigenvalue weighted by Gasteiger charge is -2.34. The molecule has 4 nitrogen and oxygen atoms in total. The maximum absolute atomic E-state index is 12.2. The molecule has 1 atom stereocenters. The first-order chi connectivity index (χ1) is 12.7. The van der Waals surface area contributed by atoms with E-state index in [-0.39, 0.29) is 5.91 Å². The zero-order valence-electron chi connectivity index (χ0n) is 15.7. The molecular weight excluding hydrogens is 322 g/mol. The number of fused-ring (bicyclic) bond motifs is 1. The summed E-state index contributed by atoms with van der Waals surface area (Å²) in [6.07, 6.45) is 2.54. The summed E-state index contributed by atoms with van der Waals surface area (Å²) >= 11 is 0. The van der Waals surface area contributed by atoms with Gasteiger partial charge >= 0.3 is 0 Å². The fourth-order valence-corrected chi connectivity index (χ4v) is 3.99. The van der Waals surface area contributed by atoms with Crippen LogP contribution in [0, 0.1) is 5.92 Å². The van der Waals surface area contributed by atoms with Gasteiger partial charge in [0.1, 0.15) is 0 Å². The van der Waals surface area contributed by atoms with E-state index in [1.165, 1.54) is 29.2 Å². The zero-order valence-corrected chi connectivity index (χ0v) is 15.7. The Kier molecular flexibility index (Phi) is 5.23. The van der Waals surface area contributed by atoms with E-state index in [1.807, 2.05) is 0 Å². The van der Waals surface area contributed by atoms with Crippen molar-refractivity contribution in [3.05, 3.63) is 48.0 Å². The van der Waals surface area contributed by atoms with Crippen LogP contribution in [0.15, 0.2) is 42.5 Å². The Hall–Kier alpha value is -1.91. The van der Waals surface area contributed by atoms with E-state index in [9.17, 15) is 4.79 Å². The first-order valence-corrected chi connectivity index (χ1v) is 9.90. The maximum Gasteiger partial charge on any atom is 0.234 e. The number of rotatable bonds is 6. The van der Waals surface area contributed by atoms with Crippen LogP contribution < -0.4 is 5.32 Å². The fourth-order valence-electron chi connectivity index (χ4n) is 3.99. The van der Waals surface area contributed by atoms with Crippen molar-refractivity contribution < 1.29 is 4.79 Å². The average molecular weight is 351 g/mol. The van der Waals surface area contributed by atoms with Gasteiger partial charge in [0.05, 0.1) is 6.54 Å². The van der Waals surface area contributed by atoms with Gasteiger partial charge in [-0.25, -0.2) is 0 Å². The van der Waals surface area contributed by atoms with Crippen LogP contribution in [0.1, 0.15) is 25.3 Å². The minimum absolute atomic E-state index is 0.187. The number of nitrogens with one attached hydrogen (secondary N) is 1. The summed E-state index contributed by atoms with van der Waals surface area (Å²) < 4.78 is 0. The molecule has 1 N–H and O–H groups in total. The highest BCUT2D eigenvalue weighted by Crippen LogP contribution is 2.32. The molecule has 1 saturated carbocycles. The Bertz CT molecular complexity index is 758. The molecule has 0 aromatic heterocycles. The SMILES string of the molecule is C[C@@H](NC(=O)CN1CCN(Cc2cccc3ccccc23)CC1)C1CC1. The average Bonchev–Trinajstić information content (AvgIpc) is 3.49. The number of nitrogens with zero attached hydrogens (tertiary/aromatic N) is 2. The third kappa shape index (κ3) is 4.25. The number of hydrogen-bond acceptors (Lipinski definition) is 3. The molecule has 1 amide bonds. The highest BCUT2D eigenvalue weighted by Gasteiger charge is 2.29. The lowest BCUT2D eigenvalue weighted by atomic mass is 10.0. The second-order valence-corrected chi connectivity index (χ2v) is 7.88. The van der Waals surface area contributed by atoms with Gasteiger partial charge in [-0.05, 0) is 42.0 Å². The third-order valence-corrected chi connectivity index (χ3v) is 5.82. The van der Waals surface area contributed by atoms with Crippen molar-refractivity contribution >= 4 is 16.7 Å². The van der Waals surface area contributed by atoms with Crippen molar-refractivity contribution in [2.45, 2.75) is 32.4 Å². The quantitative estimate of drug-likeness (QED) is 0.869. The van der Waals surface area contributed by atoms with Crippen LogP contribution in [0.3, 0.4) is 0 Å². The summed E-state index contributed by atoms with van der Waals surface area (Å²) in [5, 5.41) is 5.83. The Morgan fingerprint density at radius 1 is 1.04 bits per heavy atom. The van der Waals surface area contributed by atoms with Crippen LogP contribution >= 0.6 is 0 Å². The van der Waals surface area contributed by atoms with Gasteiger partial charge in [-0.1, -0.05) is 42.5 Å². The van der Waals surface area contributed by atoms with Crippen molar-refractivity contribution in [2.24, 2.45) is 5.92 Å². The summed E-state index contributed by atoms with van der Waals surface area (Å²) in [5.41, 5.74) is 1.40. The predicted molar refractivity (Wildman–Crippen MR) is 106 cm³/mol. The van der Waals surface area contributed by atoms with Gasteiger partial charge in [-0.3, -0.25) is 14.6 Å². The number of piperazine rings is 1. The number of hydrogen-bond donors (Lipinski definition) is 1. The minimum Gasteiger partial charge on any atom is -0.352 e. The lowest BCUT2D eigenvalue weighted by Crippen LogP contribution is -2.50. The molecule has 2 aliphatic rings. The minimum atomic E-state index is 0.187. The Morgan fingerprint density at radius 3 is 2.50 bits per heavy atom. The topological polar surface area (TPSA) is 35.6 Å². The molecule has 2 aromatic rings. The molecular formula is C22H29N3O. The van der Waals surface area contributed by atoms with Gasteiger partial charge < -0.3 is 5.32 Å². The highest BCUT2D eigenvalue weighted by atomic mass is 16.2. The normalized spacial score (nSPS) is 20.2. The third-order valence-electron chi connectivity index (χ3n) is 5.82. The summed E-state index contributed by atoms with van der Waals surface area (Å²) in [4.78, 5) is 17.0. The van der Waals surface area contributed by atoms with Gasteiger partial charge in [0.15, 0.2) is 0 Å². The van der Waals surface area contributed by atoms with E-state index in [2.05, 4.69) is 64.5 Å². The highest BCUT2D eigenvalue weighted by molar-refractivity contribution is 5.85. The van der Waals surface area contributed by atoms with E-state index >= 15 is 0 Å². The van der Waals surface area contributed by atoms with Crippen molar-refractivity contribution in [2.75, 3.05) is 32.7 Å². The molecule has 1 aliphatic carbocycles. The van der Waals surface area contributed by atoms with Crippen LogP contribution in [0.5, 0.6) is 0 Å². The predicted octanol–water partition coefficient (Wildman–Crippen LogP) is 2.87. The van der Waals surface area contributed by atoms with Crippen molar-refractivity contribution in [3.63, 3.8) is 0 Å². The molecule has 138 valence electrons. The number of amides is 1. The van der Waals surface area contributed by atoms with Gasteiger partial charge in [-0.15, -0.1) is 0 Å². The molecule has 4 heteroatoms. The van der Waals surface area contributed by atoms with E-state index in [4.69, 9.17) is 0 Å². The van der Waals surface area contributed by atoms with E-state index in [1.54, 1.807) is 0 Å². The molecule has 0 bridgehead atoms. The molecule has 0 radical (unpaired) electrons. The smallest absolute Gasteiger partial charge is 0.234 e. The summed E-state index contributed by atoms with van der Waals surface area (Å²) in [6, 6.07) is 15.5. The first kappa shape index (κ1) is 17.5. The first-order valence-electron chi connectivity index (χ1n) is 9.90. The molecule has 0 spiro atoms. The molecule has 1 heterocycles. The van der Waals surface area contributed by atoms with Crippen LogP contribution in [0.2, 0.25) is 0 Å². The van der Waals surface area contributed by atoms with Crippen molar-refractivity contribution in [3.8, 4) is 0 Å². The summed E-state index contributed by atoms with van der Waals surface area (Å²) in [7, 11) is 0. The van der Waals surface area contributed by atoms with Gasteiger partial charge in [-0.2, -0.15) is 0 Å². The molecule has 0 unspecified atom stereocenters.